The maximum Gasteiger partial charge on any atom is 0.0507 e. The summed E-state index contributed by atoms with van der Waals surface area (Å²) < 4.78 is 5.49. The minimum absolute atomic E-state index is 0.793. The van der Waals surface area contributed by atoms with Crippen molar-refractivity contribution in [2.45, 2.75) is 44.6 Å². The molecule has 0 aromatic carbocycles. The summed E-state index contributed by atoms with van der Waals surface area (Å²) in [6.45, 7) is 4.44. The van der Waals surface area contributed by atoms with E-state index in [-0.39, 0.29) is 0 Å². The van der Waals surface area contributed by atoms with Gasteiger partial charge in [-0.3, -0.25) is 4.90 Å². The van der Waals surface area contributed by atoms with Crippen molar-refractivity contribution in [2.24, 2.45) is 5.92 Å². The van der Waals surface area contributed by atoms with Crippen molar-refractivity contribution >= 4 is 15.9 Å². The Morgan fingerprint density at radius 1 is 1.12 bits per heavy atom. The molecule has 2 rings (SSSR count). The van der Waals surface area contributed by atoms with Crippen LogP contribution in [-0.4, -0.2) is 42.6 Å². The Bertz CT molecular complexity index is 188. The molecule has 1 saturated heterocycles. The van der Waals surface area contributed by atoms with Crippen molar-refractivity contribution in [1.29, 1.82) is 0 Å². The van der Waals surface area contributed by atoms with Crippen LogP contribution in [-0.2, 0) is 4.74 Å². The molecule has 94 valence electrons. The molecule has 2 aliphatic rings. The van der Waals surface area contributed by atoms with Crippen LogP contribution in [0.1, 0.15) is 38.5 Å². The molecule has 1 atom stereocenters. The average Bonchev–Trinajstić information content (AvgIpc) is 2.83. The largest absolute Gasteiger partial charge is 0.381 e. The van der Waals surface area contributed by atoms with Crippen molar-refractivity contribution < 1.29 is 4.74 Å². The summed E-state index contributed by atoms with van der Waals surface area (Å²) in [5, 5.41) is 1.11. The molecular weight excluding hydrogens is 266 g/mol. The molecular formula is C13H24BrNO. The fraction of sp³-hybridized carbons (Fsp3) is 1.00. The van der Waals surface area contributed by atoms with E-state index in [2.05, 4.69) is 20.8 Å². The summed E-state index contributed by atoms with van der Waals surface area (Å²) >= 11 is 3.59. The fourth-order valence-corrected chi connectivity index (χ4v) is 3.49. The van der Waals surface area contributed by atoms with Crippen LogP contribution in [0.15, 0.2) is 0 Å². The highest BCUT2D eigenvalue weighted by atomic mass is 79.9. The SMILES string of the molecule is BrCCN(CC1CCOC1)C1CCCCC1. The van der Waals surface area contributed by atoms with Gasteiger partial charge >= 0.3 is 0 Å². The smallest absolute Gasteiger partial charge is 0.0507 e. The Kier molecular flexibility index (Phi) is 5.60. The molecule has 1 aliphatic heterocycles. The molecule has 2 nitrogen and oxygen atoms in total. The molecule has 1 aliphatic carbocycles. The second-order valence-corrected chi connectivity index (χ2v) is 6.00. The zero-order valence-electron chi connectivity index (χ0n) is 10.2. The molecule has 0 spiro atoms. The van der Waals surface area contributed by atoms with Crippen molar-refractivity contribution in [3.63, 3.8) is 0 Å². The highest BCUT2D eigenvalue weighted by Gasteiger charge is 2.25. The summed E-state index contributed by atoms with van der Waals surface area (Å²) in [7, 11) is 0. The molecule has 0 aromatic rings. The predicted octanol–water partition coefficient (Wildman–Crippen LogP) is 3.05. The van der Waals surface area contributed by atoms with Crippen LogP contribution in [0.3, 0.4) is 0 Å². The molecule has 1 saturated carbocycles. The number of rotatable bonds is 5. The number of hydrogen-bond acceptors (Lipinski definition) is 2. The summed E-state index contributed by atoms with van der Waals surface area (Å²) in [6, 6.07) is 0.854. The Morgan fingerprint density at radius 2 is 1.94 bits per heavy atom. The third-order valence-corrected chi connectivity index (χ3v) is 4.33. The van der Waals surface area contributed by atoms with Gasteiger partial charge in [-0.2, -0.15) is 0 Å². The topological polar surface area (TPSA) is 12.5 Å². The predicted molar refractivity (Wildman–Crippen MR) is 71.2 cm³/mol. The normalized spacial score (nSPS) is 27.8. The van der Waals surface area contributed by atoms with Gasteiger partial charge in [0.1, 0.15) is 0 Å². The fourth-order valence-electron chi connectivity index (χ4n) is 3.04. The Morgan fingerprint density at radius 3 is 2.56 bits per heavy atom. The first-order valence-corrected chi connectivity index (χ1v) is 7.90. The average molecular weight is 290 g/mol. The zero-order valence-corrected chi connectivity index (χ0v) is 11.8. The Labute approximate surface area is 108 Å². The Hall–Kier alpha value is 0.400. The van der Waals surface area contributed by atoms with Gasteiger partial charge in [0.2, 0.25) is 0 Å². The van der Waals surface area contributed by atoms with Crippen molar-refractivity contribution in [2.75, 3.05) is 31.6 Å². The maximum atomic E-state index is 5.49. The van der Waals surface area contributed by atoms with E-state index in [4.69, 9.17) is 4.74 Å². The van der Waals surface area contributed by atoms with Crippen LogP contribution in [0.2, 0.25) is 0 Å². The molecule has 0 radical (unpaired) electrons. The van der Waals surface area contributed by atoms with Gasteiger partial charge in [-0.25, -0.2) is 0 Å². The second-order valence-electron chi connectivity index (χ2n) is 5.21. The number of alkyl halides is 1. The molecule has 16 heavy (non-hydrogen) atoms. The molecule has 1 heterocycles. The van der Waals surface area contributed by atoms with Crippen LogP contribution in [0.5, 0.6) is 0 Å². The van der Waals surface area contributed by atoms with Gasteiger partial charge in [0, 0.05) is 31.1 Å². The van der Waals surface area contributed by atoms with E-state index in [1.807, 2.05) is 0 Å². The van der Waals surface area contributed by atoms with E-state index in [9.17, 15) is 0 Å². The molecule has 3 heteroatoms. The lowest BCUT2D eigenvalue weighted by molar-refractivity contribution is 0.127. The van der Waals surface area contributed by atoms with E-state index in [1.54, 1.807) is 0 Å². The first kappa shape index (κ1) is 12.8. The number of ether oxygens (including phenoxy) is 1. The van der Waals surface area contributed by atoms with Crippen LogP contribution in [0.4, 0.5) is 0 Å². The van der Waals surface area contributed by atoms with E-state index >= 15 is 0 Å². The zero-order chi connectivity index (χ0) is 11.2. The van der Waals surface area contributed by atoms with Crippen molar-refractivity contribution in [3.8, 4) is 0 Å². The van der Waals surface area contributed by atoms with Crippen LogP contribution < -0.4 is 0 Å². The molecule has 0 bridgehead atoms. The summed E-state index contributed by atoms with van der Waals surface area (Å²) in [5.74, 6) is 0.793. The Balaban J connectivity index is 1.82. The molecule has 0 N–H and O–H groups in total. The number of nitrogens with zero attached hydrogens (tertiary/aromatic N) is 1. The van der Waals surface area contributed by atoms with E-state index in [0.29, 0.717) is 0 Å². The van der Waals surface area contributed by atoms with Gasteiger partial charge < -0.3 is 4.74 Å². The molecule has 0 aromatic heterocycles. The van der Waals surface area contributed by atoms with Gasteiger partial charge in [-0.15, -0.1) is 0 Å². The molecule has 0 amide bonds. The third-order valence-electron chi connectivity index (χ3n) is 3.98. The molecule has 1 unspecified atom stereocenters. The summed E-state index contributed by atoms with van der Waals surface area (Å²) in [5.41, 5.74) is 0. The highest BCUT2D eigenvalue weighted by molar-refractivity contribution is 9.09. The van der Waals surface area contributed by atoms with E-state index < -0.39 is 0 Å². The first-order chi connectivity index (χ1) is 7.90. The lowest BCUT2D eigenvalue weighted by Crippen LogP contribution is -2.41. The van der Waals surface area contributed by atoms with E-state index in [0.717, 1.165) is 30.5 Å². The van der Waals surface area contributed by atoms with Crippen LogP contribution >= 0.6 is 15.9 Å². The lowest BCUT2D eigenvalue weighted by atomic mass is 9.93. The quantitative estimate of drug-likeness (QED) is 0.722. The second kappa shape index (κ2) is 6.97. The van der Waals surface area contributed by atoms with Gasteiger partial charge in [0.05, 0.1) is 6.61 Å². The number of halogens is 1. The van der Waals surface area contributed by atoms with Crippen LogP contribution in [0, 0.1) is 5.92 Å². The van der Waals surface area contributed by atoms with Gasteiger partial charge in [0.15, 0.2) is 0 Å². The lowest BCUT2D eigenvalue weighted by Gasteiger charge is -2.35. The standard InChI is InChI=1S/C13H24BrNO/c14-7-8-15(10-12-6-9-16-11-12)13-4-2-1-3-5-13/h12-13H,1-11H2. The minimum Gasteiger partial charge on any atom is -0.381 e. The van der Waals surface area contributed by atoms with Crippen molar-refractivity contribution in [1.82, 2.24) is 4.90 Å². The van der Waals surface area contributed by atoms with E-state index in [1.165, 1.54) is 51.6 Å². The first-order valence-electron chi connectivity index (χ1n) is 6.78. The van der Waals surface area contributed by atoms with Gasteiger partial charge in [0.25, 0.3) is 0 Å². The van der Waals surface area contributed by atoms with Gasteiger partial charge in [-0.05, 0) is 25.2 Å². The van der Waals surface area contributed by atoms with Crippen molar-refractivity contribution in [3.05, 3.63) is 0 Å². The monoisotopic (exact) mass is 289 g/mol. The minimum atomic E-state index is 0.793. The number of hydrogen-bond donors (Lipinski definition) is 0. The maximum absolute atomic E-state index is 5.49. The third kappa shape index (κ3) is 3.71. The van der Waals surface area contributed by atoms with Gasteiger partial charge in [-0.1, -0.05) is 35.2 Å². The highest BCUT2D eigenvalue weighted by Crippen LogP contribution is 2.25. The van der Waals surface area contributed by atoms with Crippen LogP contribution in [0.25, 0.3) is 0 Å². The molecule has 2 fully saturated rings. The summed E-state index contributed by atoms with van der Waals surface area (Å²) in [6.07, 6.45) is 8.42. The summed E-state index contributed by atoms with van der Waals surface area (Å²) in [4.78, 5) is 2.72.